The van der Waals surface area contributed by atoms with E-state index in [1.165, 1.54) is 12.8 Å². The molecule has 160 valence electrons. The van der Waals surface area contributed by atoms with E-state index in [1.54, 1.807) is 6.92 Å². The number of benzene rings is 1. The van der Waals surface area contributed by atoms with Crippen LogP contribution >= 0.6 is 0 Å². The molecule has 1 aromatic rings. The van der Waals surface area contributed by atoms with Gasteiger partial charge in [-0.05, 0) is 73.4 Å². The molecule has 0 aliphatic heterocycles. The molecule has 0 aromatic heterocycles. The topological polar surface area (TPSA) is 84.5 Å². The van der Waals surface area contributed by atoms with E-state index in [9.17, 15) is 25.0 Å². The zero-order valence-corrected chi connectivity index (χ0v) is 18.0. The molecule has 0 spiro atoms. The number of rotatable bonds is 8. The van der Waals surface area contributed by atoms with Crippen LogP contribution in [0.4, 0.5) is 4.39 Å². The molecule has 5 heteroatoms. The first-order valence-corrected chi connectivity index (χ1v) is 10.1. The summed E-state index contributed by atoms with van der Waals surface area (Å²) in [7, 11) is 0. The van der Waals surface area contributed by atoms with Crippen molar-refractivity contribution in [3.8, 4) is 6.07 Å². The third kappa shape index (κ3) is 5.76. The number of hydrogen-bond donors (Lipinski definition) is 3. The molecule has 3 N–H and O–H groups in total. The fraction of sp³-hybridized carbons (Fsp3) is 0.400. The Morgan fingerprint density at radius 1 is 1.33 bits per heavy atom. The number of halogens is 1. The average molecular weight is 412 g/mol. The summed E-state index contributed by atoms with van der Waals surface area (Å²) in [6.07, 6.45) is 9.03. The highest BCUT2D eigenvalue weighted by Gasteiger charge is 2.30. The van der Waals surface area contributed by atoms with Gasteiger partial charge in [-0.15, -0.1) is 0 Å². The van der Waals surface area contributed by atoms with Crippen LogP contribution in [0.3, 0.4) is 0 Å². The summed E-state index contributed by atoms with van der Waals surface area (Å²) in [5.74, 6) is -3.62. The van der Waals surface area contributed by atoms with Crippen molar-refractivity contribution in [1.29, 1.82) is 5.26 Å². The smallest absolute Gasteiger partial charge is 0.307 e. The largest absolute Gasteiger partial charge is 0.340 e. The predicted octanol–water partition coefficient (Wildman–Crippen LogP) is 5.01. The fourth-order valence-corrected chi connectivity index (χ4v) is 3.59. The van der Waals surface area contributed by atoms with E-state index < -0.39 is 17.4 Å². The van der Waals surface area contributed by atoms with Crippen LogP contribution in [0.15, 0.2) is 53.7 Å². The van der Waals surface area contributed by atoms with Gasteiger partial charge in [0.25, 0.3) is 0 Å². The molecule has 0 radical (unpaired) electrons. The lowest BCUT2D eigenvalue weighted by molar-refractivity contribution is -0.325. The van der Waals surface area contributed by atoms with E-state index in [0.29, 0.717) is 28.2 Å². The van der Waals surface area contributed by atoms with Crippen molar-refractivity contribution in [3.63, 3.8) is 0 Å². The van der Waals surface area contributed by atoms with Crippen LogP contribution in [0.1, 0.15) is 56.7 Å². The van der Waals surface area contributed by atoms with Crippen molar-refractivity contribution in [2.24, 2.45) is 11.8 Å². The van der Waals surface area contributed by atoms with Gasteiger partial charge in [-0.1, -0.05) is 50.1 Å². The van der Waals surface area contributed by atoms with Gasteiger partial charge in [0, 0.05) is 0 Å². The molecule has 0 saturated heterocycles. The second-order valence-corrected chi connectivity index (χ2v) is 8.15. The average Bonchev–Trinajstić information content (AvgIpc) is 3.48. The maximum atomic E-state index is 14.6. The summed E-state index contributed by atoms with van der Waals surface area (Å²) in [5.41, 5.74) is 2.93. The molecule has 0 bridgehead atoms. The van der Waals surface area contributed by atoms with E-state index in [4.69, 9.17) is 0 Å². The summed E-state index contributed by atoms with van der Waals surface area (Å²) < 4.78 is 14.6. The SMILES string of the molecule is C=C(/C=C\C(C)=C/C)/C(=C(\C#N)c1cc(F)c(C(O)(O)O)cc1C)C(C)CC1CC1. The monoisotopic (exact) mass is 411 g/mol. The van der Waals surface area contributed by atoms with Crippen molar-refractivity contribution in [2.75, 3.05) is 0 Å². The lowest BCUT2D eigenvalue weighted by Crippen LogP contribution is -2.25. The normalized spacial score (nSPS) is 17.0. The molecular weight excluding hydrogens is 381 g/mol. The minimum atomic E-state index is -3.29. The fourth-order valence-electron chi connectivity index (χ4n) is 3.59. The third-order valence-corrected chi connectivity index (χ3v) is 5.55. The molecule has 1 saturated carbocycles. The van der Waals surface area contributed by atoms with Crippen molar-refractivity contribution in [1.82, 2.24) is 0 Å². The summed E-state index contributed by atoms with van der Waals surface area (Å²) in [6.45, 7) is 11.8. The highest BCUT2D eigenvalue weighted by atomic mass is 19.1. The van der Waals surface area contributed by atoms with Gasteiger partial charge in [0.05, 0.1) is 11.1 Å². The Hall–Kier alpha value is -2.52. The Morgan fingerprint density at radius 3 is 2.47 bits per heavy atom. The van der Waals surface area contributed by atoms with Crippen LogP contribution < -0.4 is 0 Å². The van der Waals surface area contributed by atoms with E-state index in [1.807, 2.05) is 39.0 Å². The van der Waals surface area contributed by atoms with Gasteiger partial charge in [0.2, 0.25) is 0 Å². The zero-order valence-electron chi connectivity index (χ0n) is 18.0. The van der Waals surface area contributed by atoms with Gasteiger partial charge in [-0.3, -0.25) is 0 Å². The summed E-state index contributed by atoms with van der Waals surface area (Å²) >= 11 is 0. The number of nitrogens with zero attached hydrogens (tertiary/aromatic N) is 1. The van der Waals surface area contributed by atoms with Gasteiger partial charge < -0.3 is 15.3 Å². The van der Waals surface area contributed by atoms with E-state index in [0.717, 1.165) is 29.7 Å². The molecule has 0 amide bonds. The minimum absolute atomic E-state index is 0.0463. The third-order valence-electron chi connectivity index (χ3n) is 5.55. The Labute approximate surface area is 178 Å². The van der Waals surface area contributed by atoms with Crippen molar-refractivity contribution < 1.29 is 19.7 Å². The molecule has 30 heavy (non-hydrogen) atoms. The Morgan fingerprint density at radius 2 is 1.97 bits per heavy atom. The minimum Gasteiger partial charge on any atom is -0.340 e. The van der Waals surface area contributed by atoms with Gasteiger partial charge in [0.1, 0.15) is 11.9 Å². The van der Waals surface area contributed by atoms with E-state index in [-0.39, 0.29) is 5.92 Å². The number of aliphatic hydroxyl groups is 3. The first kappa shape index (κ1) is 23.8. The predicted molar refractivity (Wildman–Crippen MR) is 116 cm³/mol. The van der Waals surface area contributed by atoms with E-state index in [2.05, 4.69) is 12.6 Å². The summed E-state index contributed by atoms with van der Waals surface area (Å²) in [5, 5.41) is 38.2. The lowest BCUT2D eigenvalue weighted by atomic mass is 9.83. The first-order valence-electron chi connectivity index (χ1n) is 10.1. The molecular formula is C25H30FNO3. The standard InChI is InChI=1S/C25H30FNO3/c1-6-15(2)7-8-16(3)24(18(5)11-19-9-10-19)21(14-27)20-13-23(26)22(12-17(20)4)25(28,29)30/h6-8,12-13,18-19,28-30H,3,9-11H2,1-2,4-5H3/b8-7-,15-6-,24-21-. The lowest BCUT2D eigenvalue weighted by Gasteiger charge is -2.21. The Kier molecular flexibility index (Phi) is 7.54. The summed E-state index contributed by atoms with van der Waals surface area (Å²) in [4.78, 5) is 0. The maximum Gasteiger partial charge on any atom is 0.307 e. The quantitative estimate of drug-likeness (QED) is 0.319. The number of aryl methyl sites for hydroxylation is 1. The van der Waals surface area contributed by atoms with Crippen molar-refractivity contribution >= 4 is 5.57 Å². The Balaban J connectivity index is 2.65. The van der Waals surface area contributed by atoms with Crippen molar-refractivity contribution in [3.05, 3.63) is 76.2 Å². The van der Waals surface area contributed by atoms with Crippen LogP contribution in [-0.2, 0) is 5.97 Å². The zero-order chi connectivity index (χ0) is 22.6. The van der Waals surface area contributed by atoms with Crippen LogP contribution in [-0.4, -0.2) is 15.3 Å². The first-order chi connectivity index (χ1) is 14.0. The van der Waals surface area contributed by atoms with Gasteiger partial charge in [-0.2, -0.15) is 5.26 Å². The van der Waals surface area contributed by atoms with Crippen LogP contribution in [0.5, 0.6) is 0 Å². The van der Waals surface area contributed by atoms with E-state index >= 15 is 0 Å². The van der Waals surface area contributed by atoms with Crippen LogP contribution in [0.25, 0.3) is 5.57 Å². The number of hydrogen-bond acceptors (Lipinski definition) is 4. The van der Waals surface area contributed by atoms with Crippen LogP contribution in [0, 0.1) is 35.9 Å². The summed E-state index contributed by atoms with van der Waals surface area (Å²) in [6, 6.07) is 4.43. The molecule has 1 atom stereocenters. The van der Waals surface area contributed by atoms with Crippen LogP contribution in [0.2, 0.25) is 0 Å². The molecule has 1 aliphatic rings. The highest BCUT2D eigenvalue weighted by Crippen LogP contribution is 2.41. The van der Waals surface area contributed by atoms with Gasteiger partial charge in [0.15, 0.2) is 0 Å². The maximum absolute atomic E-state index is 14.6. The molecule has 1 aliphatic carbocycles. The molecule has 1 unspecified atom stereocenters. The second-order valence-electron chi connectivity index (χ2n) is 8.15. The highest BCUT2D eigenvalue weighted by molar-refractivity contribution is 5.84. The van der Waals surface area contributed by atoms with Gasteiger partial charge >= 0.3 is 5.97 Å². The molecule has 2 rings (SSSR count). The second kappa shape index (κ2) is 9.53. The molecule has 1 aromatic carbocycles. The molecule has 4 nitrogen and oxygen atoms in total. The number of allylic oxidation sites excluding steroid dienone is 7. The molecule has 0 heterocycles. The molecule has 1 fully saturated rings. The van der Waals surface area contributed by atoms with Gasteiger partial charge in [-0.25, -0.2) is 4.39 Å². The van der Waals surface area contributed by atoms with Crippen molar-refractivity contribution in [2.45, 2.75) is 52.9 Å². The Bertz CT molecular complexity index is 954. The number of nitriles is 1.